The van der Waals surface area contributed by atoms with Crippen molar-refractivity contribution in [2.24, 2.45) is 0 Å². The van der Waals surface area contributed by atoms with Crippen LogP contribution in [0.2, 0.25) is 0 Å². The van der Waals surface area contributed by atoms with Crippen LogP contribution in [0.3, 0.4) is 0 Å². The molecular weight excluding hydrogens is 358 g/mol. The van der Waals surface area contributed by atoms with E-state index in [1.54, 1.807) is 0 Å². The van der Waals surface area contributed by atoms with Gasteiger partial charge in [-0.2, -0.15) is 0 Å². The van der Waals surface area contributed by atoms with Gasteiger partial charge in [0.2, 0.25) is 5.91 Å². The predicted octanol–water partition coefficient (Wildman–Crippen LogP) is 1.97. The molecule has 0 spiro atoms. The third-order valence-corrected chi connectivity index (χ3v) is 4.58. The Balaban J connectivity index is 1.66. The van der Waals surface area contributed by atoms with Gasteiger partial charge in [-0.05, 0) is 30.8 Å². The van der Waals surface area contributed by atoms with Gasteiger partial charge in [-0.3, -0.25) is 9.69 Å². The van der Waals surface area contributed by atoms with Crippen molar-refractivity contribution in [2.45, 2.75) is 13.3 Å². The second-order valence-corrected chi connectivity index (χ2v) is 6.53. The van der Waals surface area contributed by atoms with Crippen LogP contribution in [0.5, 0.6) is 5.75 Å². The molecule has 1 aliphatic heterocycles. The molecule has 0 bridgehead atoms. The number of carbonyl (C=O) groups excluding carboxylic acids is 1. The van der Waals surface area contributed by atoms with Crippen LogP contribution < -0.4 is 10.1 Å². The molecular formula is C17H26BrN3O2. The number of benzene rings is 1. The van der Waals surface area contributed by atoms with Crippen molar-refractivity contribution in [1.29, 1.82) is 0 Å². The highest BCUT2D eigenvalue weighted by Gasteiger charge is 2.16. The number of halogens is 1. The number of hydrogen-bond donors (Lipinski definition) is 1. The third kappa shape index (κ3) is 6.49. The lowest BCUT2D eigenvalue weighted by atomic mass is 10.3. The predicted molar refractivity (Wildman–Crippen MR) is 95.8 cm³/mol. The molecule has 0 unspecified atom stereocenters. The number of nitrogens with zero attached hydrogens (tertiary/aromatic N) is 2. The summed E-state index contributed by atoms with van der Waals surface area (Å²) in [5.74, 6) is 1.14. The first kappa shape index (κ1) is 18.2. The maximum Gasteiger partial charge on any atom is 0.223 e. The van der Waals surface area contributed by atoms with Gasteiger partial charge >= 0.3 is 0 Å². The first-order chi connectivity index (χ1) is 11.2. The summed E-state index contributed by atoms with van der Waals surface area (Å²) < 4.78 is 6.80. The Morgan fingerprint density at radius 3 is 2.61 bits per heavy atom. The highest BCUT2D eigenvalue weighted by atomic mass is 79.9. The highest BCUT2D eigenvalue weighted by molar-refractivity contribution is 9.10. The number of nitrogens with one attached hydrogen (secondary N) is 1. The Bertz CT molecular complexity index is 475. The topological polar surface area (TPSA) is 44.8 Å². The second-order valence-electron chi connectivity index (χ2n) is 5.62. The molecule has 0 aliphatic carbocycles. The van der Waals surface area contributed by atoms with E-state index >= 15 is 0 Å². The highest BCUT2D eigenvalue weighted by Crippen LogP contribution is 2.15. The molecule has 1 fully saturated rings. The average Bonchev–Trinajstić information content (AvgIpc) is 2.60. The first-order valence-corrected chi connectivity index (χ1v) is 9.07. The summed E-state index contributed by atoms with van der Waals surface area (Å²) >= 11 is 3.41. The molecule has 5 nitrogen and oxygen atoms in total. The van der Waals surface area contributed by atoms with Crippen LogP contribution in [0.15, 0.2) is 28.7 Å². The largest absolute Gasteiger partial charge is 0.492 e. The zero-order valence-electron chi connectivity index (χ0n) is 13.8. The van der Waals surface area contributed by atoms with Gasteiger partial charge in [-0.1, -0.05) is 22.9 Å². The molecule has 6 heteroatoms. The molecule has 1 amide bonds. The minimum Gasteiger partial charge on any atom is -0.492 e. The minimum atomic E-state index is 0.263. The molecule has 1 aromatic rings. The summed E-state index contributed by atoms with van der Waals surface area (Å²) in [6.07, 6.45) is 0.589. The summed E-state index contributed by atoms with van der Waals surface area (Å²) in [7, 11) is 0. The van der Waals surface area contributed by atoms with E-state index < -0.39 is 0 Å². The SMILES string of the molecule is CCN(CCOc1ccc(Br)cc1)CCC(=O)N1CCNCC1. The number of carbonyl (C=O) groups is 1. The monoisotopic (exact) mass is 383 g/mol. The van der Waals surface area contributed by atoms with Gasteiger partial charge in [-0.15, -0.1) is 0 Å². The summed E-state index contributed by atoms with van der Waals surface area (Å²) in [6.45, 7) is 8.79. The Kier molecular flexibility index (Phi) is 7.85. The average molecular weight is 384 g/mol. The van der Waals surface area contributed by atoms with Crippen LogP contribution >= 0.6 is 15.9 Å². The fraction of sp³-hybridized carbons (Fsp3) is 0.588. The Labute approximate surface area is 147 Å². The van der Waals surface area contributed by atoms with Crippen LogP contribution in [-0.4, -0.2) is 68.1 Å². The number of ether oxygens (including phenoxy) is 1. The molecule has 2 rings (SSSR count). The number of amides is 1. The van der Waals surface area contributed by atoms with Gasteiger partial charge in [0, 0.05) is 50.2 Å². The van der Waals surface area contributed by atoms with Gasteiger partial charge < -0.3 is 15.0 Å². The lowest BCUT2D eigenvalue weighted by molar-refractivity contribution is -0.132. The van der Waals surface area contributed by atoms with Gasteiger partial charge in [0.05, 0.1) is 0 Å². The molecule has 1 N–H and O–H groups in total. The fourth-order valence-electron chi connectivity index (χ4n) is 2.58. The summed E-state index contributed by atoms with van der Waals surface area (Å²) in [6, 6.07) is 7.85. The van der Waals surface area contributed by atoms with Gasteiger partial charge in [0.15, 0.2) is 0 Å². The van der Waals surface area contributed by atoms with E-state index in [0.717, 1.165) is 56.0 Å². The molecule has 0 radical (unpaired) electrons. The summed E-state index contributed by atoms with van der Waals surface area (Å²) in [5, 5.41) is 3.27. The molecule has 1 aromatic carbocycles. The normalized spacial score (nSPS) is 15.0. The Hall–Kier alpha value is -1.11. The van der Waals surface area contributed by atoms with Crippen molar-refractivity contribution < 1.29 is 9.53 Å². The number of hydrogen-bond acceptors (Lipinski definition) is 4. The maximum absolute atomic E-state index is 12.2. The van der Waals surface area contributed by atoms with Crippen molar-refractivity contribution in [3.8, 4) is 5.75 Å². The number of rotatable bonds is 8. The fourth-order valence-corrected chi connectivity index (χ4v) is 2.84. The van der Waals surface area contributed by atoms with Crippen molar-refractivity contribution in [1.82, 2.24) is 15.1 Å². The van der Waals surface area contributed by atoms with E-state index in [9.17, 15) is 4.79 Å². The molecule has 1 aliphatic rings. The van der Waals surface area contributed by atoms with Crippen LogP contribution in [-0.2, 0) is 4.79 Å². The van der Waals surface area contributed by atoms with Crippen molar-refractivity contribution in [2.75, 3.05) is 52.4 Å². The van der Waals surface area contributed by atoms with Gasteiger partial charge in [0.1, 0.15) is 12.4 Å². The van der Waals surface area contributed by atoms with E-state index in [1.165, 1.54) is 0 Å². The Morgan fingerprint density at radius 1 is 1.26 bits per heavy atom. The Morgan fingerprint density at radius 2 is 1.96 bits per heavy atom. The van der Waals surface area contributed by atoms with Crippen LogP contribution in [0, 0.1) is 0 Å². The molecule has 0 aromatic heterocycles. The first-order valence-electron chi connectivity index (χ1n) is 8.28. The van der Waals surface area contributed by atoms with Crippen molar-refractivity contribution in [3.05, 3.63) is 28.7 Å². The minimum absolute atomic E-state index is 0.263. The molecule has 128 valence electrons. The zero-order valence-corrected chi connectivity index (χ0v) is 15.3. The van der Waals surface area contributed by atoms with Gasteiger partial charge in [-0.25, -0.2) is 0 Å². The van der Waals surface area contributed by atoms with E-state index in [0.29, 0.717) is 13.0 Å². The van der Waals surface area contributed by atoms with Crippen LogP contribution in [0.4, 0.5) is 0 Å². The third-order valence-electron chi connectivity index (χ3n) is 4.05. The van der Waals surface area contributed by atoms with Crippen LogP contribution in [0.25, 0.3) is 0 Å². The molecule has 1 heterocycles. The van der Waals surface area contributed by atoms with E-state index in [2.05, 4.69) is 33.1 Å². The quantitative estimate of drug-likeness (QED) is 0.745. The number of likely N-dealkylation sites (N-methyl/N-ethyl adjacent to an activating group) is 1. The zero-order chi connectivity index (χ0) is 16.5. The maximum atomic E-state index is 12.2. The van der Waals surface area contributed by atoms with Crippen LogP contribution in [0.1, 0.15) is 13.3 Å². The molecule has 23 heavy (non-hydrogen) atoms. The van der Waals surface area contributed by atoms with Crippen molar-refractivity contribution >= 4 is 21.8 Å². The summed E-state index contributed by atoms with van der Waals surface area (Å²) in [4.78, 5) is 16.4. The molecule has 1 saturated heterocycles. The smallest absolute Gasteiger partial charge is 0.223 e. The van der Waals surface area contributed by atoms with E-state index in [4.69, 9.17) is 4.74 Å². The second kappa shape index (κ2) is 9.90. The van der Waals surface area contributed by atoms with Crippen molar-refractivity contribution in [3.63, 3.8) is 0 Å². The lowest BCUT2D eigenvalue weighted by Gasteiger charge is -2.28. The molecule has 0 saturated carbocycles. The van der Waals surface area contributed by atoms with E-state index in [1.807, 2.05) is 29.2 Å². The lowest BCUT2D eigenvalue weighted by Crippen LogP contribution is -2.47. The van der Waals surface area contributed by atoms with Gasteiger partial charge in [0.25, 0.3) is 0 Å². The van der Waals surface area contributed by atoms with E-state index in [-0.39, 0.29) is 5.91 Å². The summed E-state index contributed by atoms with van der Waals surface area (Å²) in [5.41, 5.74) is 0. The molecule has 0 atom stereocenters. The number of piperazine rings is 1. The standard InChI is InChI=1S/C17H26BrN3O2/c1-2-20(10-7-17(22)21-11-8-19-9-12-21)13-14-23-16-5-3-15(18)4-6-16/h3-6,19H,2,7-14H2,1H3.